The fourth-order valence-electron chi connectivity index (χ4n) is 3.34. The van der Waals surface area contributed by atoms with E-state index in [4.69, 9.17) is 9.26 Å². The number of aliphatic hydroxyl groups excluding tert-OH is 2. The average Bonchev–Trinajstić information content (AvgIpc) is 3.43. The monoisotopic (exact) mass is 413 g/mol. The van der Waals surface area contributed by atoms with Crippen molar-refractivity contribution in [3.63, 3.8) is 0 Å². The Labute approximate surface area is 168 Å². The van der Waals surface area contributed by atoms with E-state index in [1.165, 1.54) is 23.3 Å². The fourth-order valence-corrected chi connectivity index (χ4v) is 3.34. The van der Waals surface area contributed by atoms with Gasteiger partial charge in [-0.1, -0.05) is 17.3 Å². The van der Waals surface area contributed by atoms with E-state index in [1.54, 1.807) is 25.1 Å². The highest BCUT2D eigenvalue weighted by atomic mass is 19.1. The second kappa shape index (κ2) is 7.09. The fraction of sp³-hybridized carbons (Fsp3) is 0.278. The Hall–Kier alpha value is -3.48. The number of benzene rings is 1. The smallest absolute Gasteiger partial charge is 0.258 e. The van der Waals surface area contributed by atoms with Crippen molar-refractivity contribution in [1.82, 2.24) is 29.7 Å². The van der Waals surface area contributed by atoms with Gasteiger partial charge in [-0.05, 0) is 19.1 Å². The maximum atomic E-state index is 14.0. The molecule has 1 saturated heterocycles. The van der Waals surface area contributed by atoms with Gasteiger partial charge in [0, 0.05) is 0 Å². The Balaban J connectivity index is 1.49. The Kier molecular flexibility index (Phi) is 4.38. The summed E-state index contributed by atoms with van der Waals surface area (Å²) in [6, 6.07) is 6.16. The molecule has 3 aromatic heterocycles. The zero-order valence-corrected chi connectivity index (χ0v) is 15.5. The van der Waals surface area contributed by atoms with Crippen molar-refractivity contribution < 1.29 is 23.9 Å². The number of imidazole rings is 1. The zero-order valence-electron chi connectivity index (χ0n) is 15.5. The van der Waals surface area contributed by atoms with E-state index in [2.05, 4.69) is 30.4 Å². The van der Waals surface area contributed by atoms with Crippen molar-refractivity contribution in [1.29, 1.82) is 0 Å². The van der Waals surface area contributed by atoms with Crippen LogP contribution in [-0.2, 0) is 4.74 Å². The van der Waals surface area contributed by atoms with E-state index in [-0.39, 0.29) is 17.4 Å². The van der Waals surface area contributed by atoms with Gasteiger partial charge < -0.3 is 24.8 Å². The summed E-state index contributed by atoms with van der Waals surface area (Å²) in [6.45, 7) is 1.63. The molecular weight excluding hydrogens is 397 g/mol. The Morgan fingerprint density at radius 1 is 1.13 bits per heavy atom. The number of hydrogen-bond donors (Lipinski definition) is 3. The molecule has 1 fully saturated rings. The van der Waals surface area contributed by atoms with Crippen LogP contribution in [0, 0.1) is 12.7 Å². The van der Waals surface area contributed by atoms with Crippen molar-refractivity contribution in [2.75, 3.05) is 5.32 Å². The molecule has 3 N–H and O–H groups in total. The van der Waals surface area contributed by atoms with Crippen LogP contribution in [0.3, 0.4) is 0 Å². The summed E-state index contributed by atoms with van der Waals surface area (Å²) in [7, 11) is 0. The van der Waals surface area contributed by atoms with Crippen molar-refractivity contribution in [3.8, 4) is 0 Å². The Morgan fingerprint density at radius 3 is 2.73 bits per heavy atom. The first-order valence-corrected chi connectivity index (χ1v) is 9.04. The lowest BCUT2D eigenvalue weighted by Crippen LogP contribution is -2.29. The van der Waals surface area contributed by atoms with Gasteiger partial charge in [-0.15, -0.1) is 0 Å². The van der Waals surface area contributed by atoms with Gasteiger partial charge in [0.15, 0.2) is 35.1 Å². The van der Waals surface area contributed by atoms with Gasteiger partial charge in [-0.25, -0.2) is 19.3 Å². The van der Waals surface area contributed by atoms with Crippen molar-refractivity contribution >= 4 is 22.7 Å². The summed E-state index contributed by atoms with van der Waals surface area (Å²) < 4.78 is 26.3. The molecule has 0 spiro atoms. The third-order valence-corrected chi connectivity index (χ3v) is 4.78. The van der Waals surface area contributed by atoms with E-state index in [9.17, 15) is 14.6 Å². The first kappa shape index (κ1) is 18.5. The van der Waals surface area contributed by atoms with Crippen LogP contribution in [-0.4, -0.2) is 52.1 Å². The maximum absolute atomic E-state index is 14.0. The SMILES string of the molecule is Cc1noc([C@H]2O[C@@H](n3cnc4c(Nc5ccccc5F)ncnc43)[C@H](O)[C@@H]2O)n1. The van der Waals surface area contributed by atoms with Crippen LogP contribution < -0.4 is 5.32 Å². The molecule has 5 rings (SSSR count). The first-order chi connectivity index (χ1) is 14.5. The molecule has 0 aliphatic carbocycles. The molecule has 11 nitrogen and oxygen atoms in total. The molecule has 0 radical (unpaired) electrons. The number of halogens is 1. The number of rotatable bonds is 4. The van der Waals surface area contributed by atoms with Crippen LogP contribution in [0.1, 0.15) is 24.0 Å². The zero-order chi connectivity index (χ0) is 20.8. The third-order valence-electron chi connectivity index (χ3n) is 4.78. The van der Waals surface area contributed by atoms with Gasteiger partial charge in [-0.2, -0.15) is 4.98 Å². The Morgan fingerprint density at radius 2 is 1.97 bits per heavy atom. The molecule has 4 heterocycles. The minimum atomic E-state index is -1.31. The van der Waals surface area contributed by atoms with Gasteiger partial charge in [0.25, 0.3) is 5.89 Å². The molecule has 0 bridgehead atoms. The minimum absolute atomic E-state index is 0.0579. The van der Waals surface area contributed by atoms with Gasteiger partial charge >= 0.3 is 0 Å². The lowest BCUT2D eigenvalue weighted by Gasteiger charge is -2.16. The van der Waals surface area contributed by atoms with Crippen LogP contribution >= 0.6 is 0 Å². The van der Waals surface area contributed by atoms with Crippen LogP contribution in [0.25, 0.3) is 11.2 Å². The first-order valence-electron chi connectivity index (χ1n) is 9.04. The van der Waals surface area contributed by atoms with Gasteiger partial charge in [0.1, 0.15) is 24.4 Å². The van der Waals surface area contributed by atoms with Gasteiger partial charge in [0.2, 0.25) is 0 Å². The van der Waals surface area contributed by atoms with Crippen molar-refractivity contribution in [2.24, 2.45) is 0 Å². The van der Waals surface area contributed by atoms with Crippen LogP contribution in [0.15, 0.2) is 41.4 Å². The molecule has 1 aromatic carbocycles. The number of aryl methyl sites for hydroxylation is 1. The predicted octanol–water partition coefficient (Wildman–Crippen LogP) is 1.39. The van der Waals surface area contributed by atoms with E-state index < -0.39 is 30.4 Å². The molecule has 154 valence electrons. The third kappa shape index (κ3) is 2.98. The number of hydrogen-bond acceptors (Lipinski definition) is 10. The van der Waals surface area contributed by atoms with Gasteiger partial charge in [-0.3, -0.25) is 4.57 Å². The van der Waals surface area contributed by atoms with Gasteiger partial charge in [0.05, 0.1) is 12.0 Å². The predicted molar refractivity (Wildman–Crippen MR) is 98.9 cm³/mol. The Bertz CT molecular complexity index is 1210. The highest BCUT2D eigenvalue weighted by molar-refractivity contribution is 5.85. The number of nitrogens with zero attached hydrogens (tertiary/aromatic N) is 6. The lowest BCUT2D eigenvalue weighted by molar-refractivity contribution is -0.0451. The maximum Gasteiger partial charge on any atom is 0.258 e. The topological polar surface area (TPSA) is 144 Å². The van der Waals surface area contributed by atoms with E-state index >= 15 is 0 Å². The number of ether oxygens (including phenoxy) is 1. The largest absolute Gasteiger partial charge is 0.387 e. The second-order valence-corrected chi connectivity index (χ2v) is 6.76. The van der Waals surface area contributed by atoms with Crippen LogP contribution in [0.5, 0.6) is 0 Å². The second-order valence-electron chi connectivity index (χ2n) is 6.76. The summed E-state index contributed by atoms with van der Waals surface area (Å²) in [5.41, 5.74) is 0.886. The summed E-state index contributed by atoms with van der Waals surface area (Å²) in [5.74, 6) is 0.269. The number of aliphatic hydroxyl groups is 2. The standard InChI is InChI=1S/C18H16FN7O4/c1-8-23-17(30-25-8)14-12(27)13(28)18(29-14)26-7-22-11-15(20-6-21-16(11)26)24-10-5-3-2-4-9(10)19/h2-7,12-14,18,27-28H,1H3,(H,20,21,24)/t12-,13+,14-,18+/m0/s1. The van der Waals surface area contributed by atoms with E-state index in [1.807, 2.05) is 0 Å². The number of para-hydroxylation sites is 1. The summed E-state index contributed by atoms with van der Waals surface area (Å²) in [6.07, 6.45) is -1.96. The molecule has 0 saturated carbocycles. The summed E-state index contributed by atoms with van der Waals surface area (Å²) in [5, 5.41) is 27.5. The molecule has 1 aliphatic heterocycles. The molecule has 0 unspecified atom stereocenters. The molecule has 0 amide bonds. The summed E-state index contributed by atoms with van der Waals surface area (Å²) >= 11 is 0. The quantitative estimate of drug-likeness (QED) is 0.449. The molecule has 4 aromatic rings. The van der Waals surface area contributed by atoms with E-state index in [0.717, 1.165) is 0 Å². The minimum Gasteiger partial charge on any atom is -0.387 e. The van der Waals surface area contributed by atoms with Crippen LogP contribution in [0.2, 0.25) is 0 Å². The number of anilines is 2. The molecule has 1 aliphatic rings. The highest BCUT2D eigenvalue weighted by Gasteiger charge is 2.47. The molecule has 4 atom stereocenters. The number of fused-ring (bicyclic) bond motifs is 1. The molecule has 12 heteroatoms. The average molecular weight is 413 g/mol. The van der Waals surface area contributed by atoms with Crippen molar-refractivity contribution in [3.05, 3.63) is 54.5 Å². The lowest BCUT2D eigenvalue weighted by atomic mass is 10.1. The summed E-state index contributed by atoms with van der Waals surface area (Å²) in [4.78, 5) is 16.7. The highest BCUT2D eigenvalue weighted by Crippen LogP contribution is 2.39. The molecule has 30 heavy (non-hydrogen) atoms. The molecular formula is C18H16FN7O4. The number of nitrogens with one attached hydrogen (secondary N) is 1. The van der Waals surface area contributed by atoms with Crippen LogP contribution in [0.4, 0.5) is 15.9 Å². The van der Waals surface area contributed by atoms with E-state index in [0.29, 0.717) is 17.0 Å². The normalized spacial score (nSPS) is 23.9. The number of aromatic nitrogens is 6. The van der Waals surface area contributed by atoms with Crippen molar-refractivity contribution in [2.45, 2.75) is 31.5 Å².